The van der Waals surface area contributed by atoms with Crippen LogP contribution in [0.3, 0.4) is 0 Å². The van der Waals surface area contributed by atoms with Crippen LogP contribution in [0.25, 0.3) is 0 Å². The Morgan fingerprint density at radius 2 is 2.26 bits per heavy atom. The van der Waals surface area contributed by atoms with E-state index in [1.807, 2.05) is 13.0 Å². The molecule has 1 unspecified atom stereocenters. The Morgan fingerprint density at radius 1 is 1.43 bits per heavy atom. The molecule has 0 radical (unpaired) electrons. The number of rotatable bonds is 6. The zero-order chi connectivity index (χ0) is 15.8. The summed E-state index contributed by atoms with van der Waals surface area (Å²) >= 11 is 3.37. The molecule has 1 heterocycles. The molecular formula is C16H24BrFIN3O. The highest BCUT2D eigenvalue weighted by atomic mass is 127. The second-order valence-corrected chi connectivity index (χ2v) is 6.18. The average Bonchev–Trinajstić information content (AvgIpc) is 3.01. The van der Waals surface area contributed by atoms with Gasteiger partial charge in [0, 0.05) is 24.2 Å². The summed E-state index contributed by atoms with van der Waals surface area (Å²) < 4.78 is 20.1. The standard InChI is InChI=1S/C16H23BrFN3O.HI/c1-2-19-16(21-11-14-4-3-9-22-14)20-8-7-12-10-13(17)5-6-15(12)18;/h5-6,10,14H,2-4,7-9,11H2,1H3,(H2,19,20,21);1H. The number of benzene rings is 1. The van der Waals surface area contributed by atoms with Gasteiger partial charge in [-0.1, -0.05) is 15.9 Å². The molecule has 0 aliphatic carbocycles. The zero-order valence-corrected chi connectivity index (χ0v) is 17.2. The Labute approximate surface area is 162 Å². The molecule has 0 bridgehead atoms. The van der Waals surface area contributed by atoms with Crippen LogP contribution in [0.5, 0.6) is 0 Å². The molecule has 130 valence electrons. The summed E-state index contributed by atoms with van der Waals surface area (Å²) in [5, 5.41) is 6.44. The van der Waals surface area contributed by atoms with Crippen LogP contribution < -0.4 is 10.6 Å². The van der Waals surface area contributed by atoms with Crippen molar-refractivity contribution in [3.8, 4) is 0 Å². The van der Waals surface area contributed by atoms with E-state index in [-0.39, 0.29) is 35.9 Å². The quantitative estimate of drug-likeness (QED) is 0.358. The number of halogens is 3. The molecule has 1 atom stereocenters. The van der Waals surface area contributed by atoms with E-state index in [1.165, 1.54) is 6.07 Å². The number of guanidine groups is 1. The summed E-state index contributed by atoms with van der Waals surface area (Å²) in [5.74, 6) is 0.583. The maximum absolute atomic E-state index is 13.7. The van der Waals surface area contributed by atoms with Crippen LogP contribution in [0.2, 0.25) is 0 Å². The van der Waals surface area contributed by atoms with Gasteiger partial charge in [-0.25, -0.2) is 4.39 Å². The Bertz CT molecular complexity index is 510. The van der Waals surface area contributed by atoms with Crippen molar-refractivity contribution in [2.75, 3.05) is 26.2 Å². The minimum atomic E-state index is -0.175. The van der Waals surface area contributed by atoms with Crippen LogP contribution in [-0.4, -0.2) is 38.3 Å². The van der Waals surface area contributed by atoms with Crippen molar-refractivity contribution in [3.05, 3.63) is 34.1 Å². The predicted octanol–water partition coefficient (Wildman–Crippen LogP) is 3.48. The highest BCUT2D eigenvalue weighted by Crippen LogP contribution is 2.15. The van der Waals surface area contributed by atoms with Gasteiger partial charge in [-0.2, -0.15) is 0 Å². The first-order chi connectivity index (χ1) is 10.7. The number of nitrogens with zero attached hydrogens (tertiary/aromatic N) is 1. The van der Waals surface area contributed by atoms with E-state index < -0.39 is 0 Å². The second kappa shape index (κ2) is 11.2. The van der Waals surface area contributed by atoms with Crippen molar-refractivity contribution >= 4 is 45.9 Å². The Kier molecular flexibility index (Phi) is 10.0. The lowest BCUT2D eigenvalue weighted by molar-refractivity contribution is 0.117. The van der Waals surface area contributed by atoms with Gasteiger partial charge in [-0.15, -0.1) is 24.0 Å². The largest absolute Gasteiger partial charge is 0.376 e. The lowest BCUT2D eigenvalue weighted by Crippen LogP contribution is -2.39. The van der Waals surface area contributed by atoms with Gasteiger partial charge in [0.2, 0.25) is 0 Å². The van der Waals surface area contributed by atoms with Crippen molar-refractivity contribution in [2.24, 2.45) is 4.99 Å². The fraction of sp³-hybridized carbons (Fsp3) is 0.562. The van der Waals surface area contributed by atoms with Crippen LogP contribution >= 0.6 is 39.9 Å². The molecule has 1 aliphatic rings. The molecule has 1 saturated heterocycles. The number of hydrogen-bond acceptors (Lipinski definition) is 2. The van der Waals surface area contributed by atoms with E-state index in [1.54, 1.807) is 6.07 Å². The lowest BCUT2D eigenvalue weighted by Gasteiger charge is -2.13. The van der Waals surface area contributed by atoms with Crippen molar-refractivity contribution < 1.29 is 9.13 Å². The maximum Gasteiger partial charge on any atom is 0.191 e. The first-order valence-corrected chi connectivity index (χ1v) is 8.56. The van der Waals surface area contributed by atoms with Gasteiger partial charge < -0.3 is 15.4 Å². The zero-order valence-electron chi connectivity index (χ0n) is 13.3. The van der Waals surface area contributed by atoms with E-state index in [0.29, 0.717) is 25.1 Å². The van der Waals surface area contributed by atoms with Gasteiger partial charge in [0.15, 0.2) is 5.96 Å². The normalized spacial score (nSPS) is 17.7. The molecular weight excluding hydrogens is 476 g/mol. The van der Waals surface area contributed by atoms with Gasteiger partial charge in [-0.05, 0) is 49.9 Å². The summed E-state index contributed by atoms with van der Waals surface area (Å²) in [6.45, 7) is 4.96. The molecule has 0 spiro atoms. The monoisotopic (exact) mass is 499 g/mol. The summed E-state index contributed by atoms with van der Waals surface area (Å²) in [4.78, 5) is 4.53. The Morgan fingerprint density at radius 3 is 2.96 bits per heavy atom. The van der Waals surface area contributed by atoms with E-state index in [0.717, 1.165) is 36.4 Å². The minimum absolute atomic E-state index is 0. The smallest absolute Gasteiger partial charge is 0.191 e. The van der Waals surface area contributed by atoms with Crippen LogP contribution in [-0.2, 0) is 11.2 Å². The van der Waals surface area contributed by atoms with Gasteiger partial charge >= 0.3 is 0 Å². The molecule has 23 heavy (non-hydrogen) atoms. The summed E-state index contributed by atoms with van der Waals surface area (Å²) in [7, 11) is 0. The van der Waals surface area contributed by atoms with E-state index in [2.05, 4.69) is 31.6 Å². The minimum Gasteiger partial charge on any atom is -0.376 e. The highest BCUT2D eigenvalue weighted by molar-refractivity contribution is 14.0. The van der Waals surface area contributed by atoms with Crippen molar-refractivity contribution in [1.82, 2.24) is 10.6 Å². The maximum atomic E-state index is 13.7. The van der Waals surface area contributed by atoms with Crippen LogP contribution in [0, 0.1) is 5.82 Å². The van der Waals surface area contributed by atoms with Crippen LogP contribution in [0.4, 0.5) is 4.39 Å². The number of hydrogen-bond donors (Lipinski definition) is 2. The molecule has 0 aromatic heterocycles. The van der Waals surface area contributed by atoms with Crippen molar-refractivity contribution in [2.45, 2.75) is 32.3 Å². The molecule has 2 N–H and O–H groups in total. The van der Waals surface area contributed by atoms with Crippen LogP contribution in [0.1, 0.15) is 25.3 Å². The van der Waals surface area contributed by atoms with Gasteiger partial charge in [-0.3, -0.25) is 4.99 Å². The van der Waals surface area contributed by atoms with Gasteiger partial charge in [0.25, 0.3) is 0 Å². The van der Waals surface area contributed by atoms with Gasteiger partial charge in [0.05, 0.1) is 12.6 Å². The number of nitrogens with one attached hydrogen (secondary N) is 2. The lowest BCUT2D eigenvalue weighted by atomic mass is 10.1. The highest BCUT2D eigenvalue weighted by Gasteiger charge is 2.14. The summed E-state index contributed by atoms with van der Waals surface area (Å²) in [5.41, 5.74) is 0.692. The summed E-state index contributed by atoms with van der Waals surface area (Å²) in [6, 6.07) is 5.00. The topological polar surface area (TPSA) is 45.7 Å². The van der Waals surface area contributed by atoms with Crippen molar-refractivity contribution in [3.63, 3.8) is 0 Å². The Balaban J connectivity index is 0.00000264. The first-order valence-electron chi connectivity index (χ1n) is 7.76. The molecule has 0 amide bonds. The van der Waals surface area contributed by atoms with E-state index >= 15 is 0 Å². The van der Waals surface area contributed by atoms with Crippen LogP contribution in [0.15, 0.2) is 27.7 Å². The van der Waals surface area contributed by atoms with Gasteiger partial charge in [0.1, 0.15) is 5.82 Å². The third-order valence-electron chi connectivity index (χ3n) is 3.52. The van der Waals surface area contributed by atoms with E-state index in [9.17, 15) is 4.39 Å². The molecule has 0 saturated carbocycles. The summed E-state index contributed by atoms with van der Waals surface area (Å²) in [6.07, 6.45) is 3.03. The Hall–Kier alpha value is -0.410. The molecule has 1 aliphatic heterocycles. The SMILES string of the molecule is CCNC(=NCC1CCCO1)NCCc1cc(Br)ccc1F.I. The van der Waals surface area contributed by atoms with E-state index in [4.69, 9.17) is 4.74 Å². The fourth-order valence-electron chi connectivity index (χ4n) is 2.37. The second-order valence-electron chi connectivity index (χ2n) is 5.27. The molecule has 7 heteroatoms. The molecule has 1 aromatic carbocycles. The first kappa shape index (κ1) is 20.6. The fourth-order valence-corrected chi connectivity index (χ4v) is 2.78. The average molecular weight is 500 g/mol. The number of ether oxygens (including phenoxy) is 1. The predicted molar refractivity (Wildman–Crippen MR) is 106 cm³/mol. The molecule has 2 rings (SSSR count). The van der Waals surface area contributed by atoms with Crippen molar-refractivity contribution in [1.29, 1.82) is 0 Å². The third-order valence-corrected chi connectivity index (χ3v) is 4.01. The third kappa shape index (κ3) is 7.34. The number of aliphatic imine (C=N–C) groups is 1. The molecule has 4 nitrogen and oxygen atoms in total. The molecule has 1 aromatic rings. The molecule has 1 fully saturated rings.